The summed E-state index contributed by atoms with van der Waals surface area (Å²) in [5.74, 6) is 0.949. The summed E-state index contributed by atoms with van der Waals surface area (Å²) in [5.41, 5.74) is 5.00. The number of pyridine rings is 1. The van der Waals surface area contributed by atoms with Gasteiger partial charge >= 0.3 is 0 Å². The number of aromatic nitrogens is 3. The first kappa shape index (κ1) is 19.9. The number of nitrogens with zero attached hydrogens (tertiary/aromatic N) is 2. The van der Waals surface area contributed by atoms with E-state index in [0.717, 1.165) is 57.9 Å². The molecule has 1 aliphatic heterocycles. The number of carbonyl (C=O) groups excluding carboxylic acids is 1. The van der Waals surface area contributed by atoms with Crippen molar-refractivity contribution in [3.05, 3.63) is 72.1 Å². The second-order valence-electron chi connectivity index (χ2n) is 8.40. The molecule has 33 heavy (non-hydrogen) atoms. The van der Waals surface area contributed by atoms with E-state index in [2.05, 4.69) is 57.2 Å². The fourth-order valence-corrected chi connectivity index (χ4v) is 5.50. The summed E-state index contributed by atoms with van der Waals surface area (Å²) in [7, 11) is 0. The molecule has 4 heterocycles. The van der Waals surface area contributed by atoms with E-state index >= 15 is 0 Å². The molecule has 6 nitrogen and oxygen atoms in total. The first-order valence-electron chi connectivity index (χ1n) is 11.2. The molecule has 7 heteroatoms. The molecule has 0 atom stereocenters. The number of benzene rings is 2. The predicted molar refractivity (Wildman–Crippen MR) is 135 cm³/mol. The number of rotatable bonds is 5. The normalized spacial score (nSPS) is 13.1. The van der Waals surface area contributed by atoms with E-state index in [4.69, 9.17) is 4.98 Å². The summed E-state index contributed by atoms with van der Waals surface area (Å²) in [6, 6.07) is 18.7. The lowest BCUT2D eigenvalue weighted by Gasteiger charge is -2.17. The fourth-order valence-electron chi connectivity index (χ4n) is 4.41. The Morgan fingerprint density at radius 3 is 2.97 bits per heavy atom. The molecule has 0 bridgehead atoms. The van der Waals surface area contributed by atoms with Crippen LogP contribution < -0.4 is 10.6 Å². The van der Waals surface area contributed by atoms with Gasteiger partial charge in [-0.25, -0.2) is 4.98 Å². The molecule has 164 valence electrons. The standard InChI is InChI=1S/C26H23N5OS/c32-24(10-9-19-8-7-16-5-3-11-27-26(16)30-19)29-20-12-18-15-28-31-25(18)21(14-20)23-13-17-4-1-2-6-22(17)33-23/h1-2,4,6-8,12-15H,3,5,9-11H2,(H,27,30)(H,28,31)(H,29,32). The molecule has 0 spiro atoms. The van der Waals surface area contributed by atoms with Gasteiger partial charge in [-0.05, 0) is 60.5 Å². The molecule has 1 aliphatic rings. The van der Waals surface area contributed by atoms with E-state index in [1.807, 2.05) is 18.2 Å². The Hall–Kier alpha value is -3.71. The Kier molecular flexibility index (Phi) is 5.03. The maximum Gasteiger partial charge on any atom is 0.224 e. The molecule has 6 rings (SSSR count). The molecule has 1 amide bonds. The third-order valence-electron chi connectivity index (χ3n) is 6.08. The maximum absolute atomic E-state index is 12.8. The Morgan fingerprint density at radius 2 is 2.03 bits per heavy atom. The fraction of sp³-hybridized carbons (Fsp3) is 0.192. The quantitative estimate of drug-likeness (QED) is 0.316. The highest BCUT2D eigenvalue weighted by atomic mass is 32.1. The van der Waals surface area contributed by atoms with Crippen molar-refractivity contribution < 1.29 is 4.79 Å². The van der Waals surface area contributed by atoms with Crippen LogP contribution in [-0.2, 0) is 17.6 Å². The maximum atomic E-state index is 12.8. The number of hydrogen-bond donors (Lipinski definition) is 3. The molecule has 5 aromatic rings. The summed E-state index contributed by atoms with van der Waals surface area (Å²) in [4.78, 5) is 18.6. The van der Waals surface area contributed by atoms with Gasteiger partial charge in [0.05, 0.1) is 11.7 Å². The van der Waals surface area contributed by atoms with Crippen LogP contribution in [0.25, 0.3) is 31.4 Å². The molecule has 0 saturated carbocycles. The third-order valence-corrected chi connectivity index (χ3v) is 7.23. The van der Waals surface area contributed by atoms with Gasteiger partial charge in [-0.1, -0.05) is 24.3 Å². The van der Waals surface area contributed by atoms with Crippen molar-refractivity contribution >= 4 is 49.7 Å². The van der Waals surface area contributed by atoms with Crippen molar-refractivity contribution in [2.75, 3.05) is 17.2 Å². The third kappa shape index (κ3) is 3.96. The second kappa shape index (κ2) is 8.33. The van der Waals surface area contributed by atoms with E-state index in [0.29, 0.717) is 12.8 Å². The number of nitrogens with one attached hydrogen (secondary N) is 3. The monoisotopic (exact) mass is 453 g/mol. The summed E-state index contributed by atoms with van der Waals surface area (Å²) >= 11 is 1.74. The van der Waals surface area contributed by atoms with Crippen LogP contribution in [0.1, 0.15) is 24.1 Å². The van der Waals surface area contributed by atoms with Gasteiger partial charge in [0.25, 0.3) is 0 Å². The van der Waals surface area contributed by atoms with Crippen LogP contribution in [0.3, 0.4) is 0 Å². The Bertz CT molecular complexity index is 1450. The van der Waals surface area contributed by atoms with Gasteiger partial charge in [-0.15, -0.1) is 11.3 Å². The summed E-state index contributed by atoms with van der Waals surface area (Å²) in [6.07, 6.45) is 4.99. The zero-order chi connectivity index (χ0) is 22.2. The number of aryl methyl sites for hydroxylation is 2. The van der Waals surface area contributed by atoms with E-state index in [-0.39, 0.29) is 5.91 Å². The van der Waals surface area contributed by atoms with E-state index in [1.165, 1.54) is 15.6 Å². The molecule has 0 radical (unpaired) electrons. The van der Waals surface area contributed by atoms with Gasteiger partial charge < -0.3 is 10.6 Å². The van der Waals surface area contributed by atoms with Crippen LogP contribution in [-0.4, -0.2) is 27.6 Å². The Morgan fingerprint density at radius 1 is 1.09 bits per heavy atom. The number of thiophene rings is 1. The van der Waals surface area contributed by atoms with Gasteiger partial charge in [-0.2, -0.15) is 5.10 Å². The largest absolute Gasteiger partial charge is 0.370 e. The van der Waals surface area contributed by atoms with Crippen LogP contribution in [0.15, 0.2) is 60.8 Å². The molecule has 0 fully saturated rings. The minimum absolute atomic E-state index is 0.0207. The van der Waals surface area contributed by atoms with Gasteiger partial charge in [0.15, 0.2) is 0 Å². The van der Waals surface area contributed by atoms with Crippen LogP contribution in [0.5, 0.6) is 0 Å². The first-order valence-corrected chi connectivity index (χ1v) is 12.0. The lowest BCUT2D eigenvalue weighted by Crippen LogP contribution is -2.15. The van der Waals surface area contributed by atoms with Crippen LogP contribution >= 0.6 is 11.3 Å². The predicted octanol–water partition coefficient (Wildman–Crippen LogP) is 5.77. The highest BCUT2D eigenvalue weighted by molar-refractivity contribution is 7.22. The number of hydrogen-bond acceptors (Lipinski definition) is 5. The number of H-pyrrole nitrogens is 1. The topological polar surface area (TPSA) is 82.7 Å². The average Bonchev–Trinajstić information content (AvgIpc) is 3.49. The number of anilines is 2. The molecule has 0 unspecified atom stereocenters. The van der Waals surface area contributed by atoms with Crippen molar-refractivity contribution in [3.63, 3.8) is 0 Å². The van der Waals surface area contributed by atoms with Crippen molar-refractivity contribution in [1.29, 1.82) is 0 Å². The van der Waals surface area contributed by atoms with Gasteiger partial charge in [0, 0.05) is 44.9 Å². The molecule has 2 aromatic carbocycles. The van der Waals surface area contributed by atoms with Crippen molar-refractivity contribution in [1.82, 2.24) is 15.2 Å². The zero-order valence-electron chi connectivity index (χ0n) is 18.0. The summed E-state index contributed by atoms with van der Waals surface area (Å²) in [6.45, 7) is 0.961. The number of amides is 1. The van der Waals surface area contributed by atoms with Crippen LogP contribution in [0, 0.1) is 0 Å². The van der Waals surface area contributed by atoms with E-state index in [1.54, 1.807) is 17.5 Å². The van der Waals surface area contributed by atoms with Crippen molar-refractivity contribution in [2.24, 2.45) is 0 Å². The van der Waals surface area contributed by atoms with Crippen LogP contribution in [0.2, 0.25) is 0 Å². The van der Waals surface area contributed by atoms with Crippen LogP contribution in [0.4, 0.5) is 11.5 Å². The molecule has 0 aliphatic carbocycles. The van der Waals surface area contributed by atoms with Crippen molar-refractivity contribution in [2.45, 2.75) is 25.7 Å². The number of aromatic amines is 1. The molecule has 0 saturated heterocycles. The zero-order valence-corrected chi connectivity index (χ0v) is 18.8. The molecular weight excluding hydrogens is 430 g/mol. The van der Waals surface area contributed by atoms with E-state index in [9.17, 15) is 4.79 Å². The Balaban J connectivity index is 1.22. The minimum atomic E-state index is -0.0207. The number of fused-ring (bicyclic) bond motifs is 3. The smallest absolute Gasteiger partial charge is 0.224 e. The summed E-state index contributed by atoms with van der Waals surface area (Å²) < 4.78 is 1.24. The lowest BCUT2D eigenvalue weighted by molar-refractivity contribution is -0.116. The molecule has 3 N–H and O–H groups in total. The van der Waals surface area contributed by atoms with Crippen molar-refractivity contribution in [3.8, 4) is 10.4 Å². The molecular formula is C26H23N5OS. The minimum Gasteiger partial charge on any atom is -0.370 e. The Labute approximate surface area is 195 Å². The lowest BCUT2D eigenvalue weighted by atomic mass is 10.1. The SMILES string of the molecule is O=C(CCc1ccc2c(n1)NCCC2)Nc1cc(-c2cc3ccccc3s2)c2[nH]ncc2c1. The summed E-state index contributed by atoms with van der Waals surface area (Å²) in [5, 5.41) is 16.0. The van der Waals surface area contributed by atoms with Gasteiger partial charge in [0.1, 0.15) is 5.82 Å². The highest BCUT2D eigenvalue weighted by Gasteiger charge is 2.14. The van der Waals surface area contributed by atoms with Gasteiger partial charge in [-0.3, -0.25) is 9.89 Å². The highest BCUT2D eigenvalue weighted by Crippen LogP contribution is 2.38. The molecule has 3 aromatic heterocycles. The van der Waals surface area contributed by atoms with E-state index < -0.39 is 0 Å². The average molecular weight is 454 g/mol. The first-order chi connectivity index (χ1) is 16.2. The second-order valence-corrected chi connectivity index (χ2v) is 9.48. The van der Waals surface area contributed by atoms with Gasteiger partial charge in [0.2, 0.25) is 5.91 Å². The number of carbonyl (C=O) groups is 1.